The van der Waals surface area contributed by atoms with Crippen molar-refractivity contribution < 1.29 is 9.31 Å². The maximum absolute atomic E-state index is 5.76. The molecule has 1 heterocycles. The fourth-order valence-electron chi connectivity index (χ4n) is 1.24. The van der Waals surface area contributed by atoms with Crippen molar-refractivity contribution in [3.8, 4) is 0 Å². The molecule has 0 spiro atoms. The minimum absolute atomic E-state index is 0.332. The van der Waals surface area contributed by atoms with Crippen LogP contribution in [-0.2, 0) is 9.31 Å². The van der Waals surface area contributed by atoms with Gasteiger partial charge in [0.15, 0.2) is 0 Å². The van der Waals surface area contributed by atoms with E-state index in [1.54, 1.807) is 0 Å². The minimum Gasteiger partial charge on any atom is -0.405 e. The molecule has 4 N–H and O–H groups in total. The van der Waals surface area contributed by atoms with E-state index >= 15 is 0 Å². The van der Waals surface area contributed by atoms with E-state index in [-0.39, 0.29) is 11.2 Å². The van der Waals surface area contributed by atoms with Crippen LogP contribution in [0.25, 0.3) is 0 Å². The van der Waals surface area contributed by atoms with Gasteiger partial charge in [-0.25, -0.2) is 0 Å². The first-order chi connectivity index (χ1) is 6.34. The first-order valence-corrected chi connectivity index (χ1v) is 4.80. The standard InChI is InChI=1S/C9H19BN2O2/c1-8(2)9(3,4)14-10(13-8)7(5-11)6-12/h5H,6,11-12H2,1-4H3/b7-5+. The smallest absolute Gasteiger partial charge is 0.405 e. The molecular formula is C9H19BN2O2. The van der Waals surface area contributed by atoms with Gasteiger partial charge >= 0.3 is 7.12 Å². The summed E-state index contributed by atoms with van der Waals surface area (Å²) in [5.74, 6) is 0. The molecule has 4 nitrogen and oxygen atoms in total. The van der Waals surface area contributed by atoms with Gasteiger partial charge in [0.05, 0.1) is 11.2 Å². The molecule has 1 saturated heterocycles. The minimum atomic E-state index is -0.407. The highest BCUT2D eigenvalue weighted by molar-refractivity contribution is 6.54. The zero-order chi connectivity index (χ0) is 11.0. The summed E-state index contributed by atoms with van der Waals surface area (Å²) in [5.41, 5.74) is 11.1. The van der Waals surface area contributed by atoms with Gasteiger partial charge in [-0.3, -0.25) is 0 Å². The van der Waals surface area contributed by atoms with Crippen LogP contribution in [0.1, 0.15) is 27.7 Å². The van der Waals surface area contributed by atoms with Gasteiger partial charge < -0.3 is 20.8 Å². The highest BCUT2D eigenvalue weighted by Crippen LogP contribution is 2.38. The van der Waals surface area contributed by atoms with Crippen molar-refractivity contribution in [2.24, 2.45) is 11.5 Å². The van der Waals surface area contributed by atoms with E-state index in [1.807, 2.05) is 27.7 Å². The van der Waals surface area contributed by atoms with Crippen LogP contribution in [0.2, 0.25) is 0 Å². The van der Waals surface area contributed by atoms with Crippen molar-refractivity contribution in [1.82, 2.24) is 0 Å². The molecule has 0 amide bonds. The SMILES string of the molecule is CC1(C)OB(/C(=C/N)CN)OC1(C)C. The van der Waals surface area contributed by atoms with E-state index in [2.05, 4.69) is 0 Å². The van der Waals surface area contributed by atoms with Crippen molar-refractivity contribution in [3.05, 3.63) is 11.7 Å². The molecule has 0 radical (unpaired) electrons. The summed E-state index contributed by atoms with van der Waals surface area (Å²) in [6, 6.07) is 0. The summed E-state index contributed by atoms with van der Waals surface area (Å²) >= 11 is 0. The summed E-state index contributed by atoms with van der Waals surface area (Å²) in [4.78, 5) is 0. The third-order valence-electron chi connectivity index (χ3n) is 3.01. The van der Waals surface area contributed by atoms with E-state index in [4.69, 9.17) is 20.8 Å². The monoisotopic (exact) mass is 198 g/mol. The summed E-state index contributed by atoms with van der Waals surface area (Å²) in [5, 5.41) is 0. The van der Waals surface area contributed by atoms with Crippen LogP contribution >= 0.6 is 0 Å². The van der Waals surface area contributed by atoms with Crippen LogP contribution in [0.4, 0.5) is 0 Å². The molecule has 0 aromatic carbocycles. The number of rotatable bonds is 2. The summed E-state index contributed by atoms with van der Waals surface area (Å²) in [7, 11) is -0.407. The van der Waals surface area contributed by atoms with Crippen LogP contribution in [0.15, 0.2) is 11.7 Å². The fraction of sp³-hybridized carbons (Fsp3) is 0.778. The zero-order valence-electron chi connectivity index (χ0n) is 9.33. The predicted octanol–water partition coefficient (Wildman–Crippen LogP) is 0.419. The van der Waals surface area contributed by atoms with Crippen molar-refractivity contribution in [2.75, 3.05) is 6.54 Å². The van der Waals surface area contributed by atoms with E-state index in [1.165, 1.54) is 6.20 Å². The molecule has 1 fully saturated rings. The quantitative estimate of drug-likeness (QED) is 0.630. The maximum Gasteiger partial charge on any atom is 0.493 e. The maximum atomic E-state index is 5.76. The van der Waals surface area contributed by atoms with Crippen LogP contribution in [-0.4, -0.2) is 24.9 Å². The second kappa shape index (κ2) is 3.57. The average molecular weight is 198 g/mol. The predicted molar refractivity (Wildman–Crippen MR) is 57.4 cm³/mol. The van der Waals surface area contributed by atoms with Crippen LogP contribution in [0.5, 0.6) is 0 Å². The van der Waals surface area contributed by atoms with Crippen molar-refractivity contribution in [3.63, 3.8) is 0 Å². The van der Waals surface area contributed by atoms with E-state index in [0.29, 0.717) is 6.54 Å². The Bertz CT molecular complexity index is 235. The van der Waals surface area contributed by atoms with Gasteiger partial charge in [-0.15, -0.1) is 0 Å². The Morgan fingerprint density at radius 1 is 1.21 bits per heavy atom. The first kappa shape index (κ1) is 11.6. The number of hydrogen-bond acceptors (Lipinski definition) is 4. The zero-order valence-corrected chi connectivity index (χ0v) is 9.33. The van der Waals surface area contributed by atoms with Crippen molar-refractivity contribution >= 4 is 7.12 Å². The highest BCUT2D eigenvalue weighted by Gasteiger charge is 2.52. The largest absolute Gasteiger partial charge is 0.493 e. The third kappa shape index (κ3) is 1.80. The average Bonchev–Trinajstić information content (AvgIpc) is 2.23. The third-order valence-corrected chi connectivity index (χ3v) is 3.01. The van der Waals surface area contributed by atoms with Gasteiger partial charge in [0.25, 0.3) is 0 Å². The highest BCUT2D eigenvalue weighted by atomic mass is 16.7. The van der Waals surface area contributed by atoms with Crippen LogP contribution in [0.3, 0.4) is 0 Å². The Kier molecular flexibility index (Phi) is 2.95. The Hall–Kier alpha value is -0.515. The summed E-state index contributed by atoms with van der Waals surface area (Å²) < 4.78 is 11.5. The number of hydrogen-bond donors (Lipinski definition) is 2. The Morgan fingerprint density at radius 3 is 1.93 bits per heavy atom. The molecule has 1 aliphatic heterocycles. The molecule has 0 aromatic rings. The van der Waals surface area contributed by atoms with E-state index < -0.39 is 7.12 Å². The molecule has 1 aliphatic rings. The molecule has 0 unspecified atom stereocenters. The van der Waals surface area contributed by atoms with Crippen LogP contribution in [0, 0.1) is 0 Å². The molecule has 0 atom stereocenters. The van der Waals surface area contributed by atoms with Gasteiger partial charge in [0.2, 0.25) is 0 Å². The van der Waals surface area contributed by atoms with Gasteiger partial charge in [0.1, 0.15) is 0 Å². The normalized spacial score (nSPS) is 25.5. The van der Waals surface area contributed by atoms with Gasteiger partial charge in [-0.1, -0.05) is 0 Å². The lowest BCUT2D eigenvalue weighted by atomic mass is 9.79. The topological polar surface area (TPSA) is 70.5 Å². The van der Waals surface area contributed by atoms with Crippen molar-refractivity contribution in [1.29, 1.82) is 0 Å². The van der Waals surface area contributed by atoms with Crippen LogP contribution < -0.4 is 11.5 Å². The molecule has 80 valence electrons. The molecule has 14 heavy (non-hydrogen) atoms. The molecule has 1 rings (SSSR count). The molecule has 0 bridgehead atoms. The van der Waals surface area contributed by atoms with E-state index in [0.717, 1.165) is 5.47 Å². The Morgan fingerprint density at radius 2 is 1.64 bits per heavy atom. The lowest BCUT2D eigenvalue weighted by Crippen LogP contribution is -2.41. The lowest BCUT2D eigenvalue weighted by molar-refractivity contribution is 0.00578. The first-order valence-electron chi connectivity index (χ1n) is 4.80. The van der Waals surface area contributed by atoms with Gasteiger partial charge in [-0.2, -0.15) is 0 Å². The molecule has 0 aromatic heterocycles. The fourth-order valence-corrected chi connectivity index (χ4v) is 1.24. The molecule has 5 heteroatoms. The Labute approximate surface area is 85.8 Å². The Balaban J connectivity index is 2.82. The summed E-state index contributed by atoms with van der Waals surface area (Å²) in [6.07, 6.45) is 1.46. The van der Waals surface area contributed by atoms with Crippen molar-refractivity contribution in [2.45, 2.75) is 38.9 Å². The summed E-state index contributed by atoms with van der Waals surface area (Å²) in [6.45, 7) is 8.35. The molecule has 0 aliphatic carbocycles. The van der Waals surface area contributed by atoms with Gasteiger partial charge in [-0.05, 0) is 39.4 Å². The second-order valence-electron chi connectivity index (χ2n) is 4.53. The second-order valence-corrected chi connectivity index (χ2v) is 4.53. The number of nitrogens with two attached hydrogens (primary N) is 2. The van der Waals surface area contributed by atoms with E-state index in [9.17, 15) is 0 Å². The van der Waals surface area contributed by atoms with Gasteiger partial charge in [0, 0.05) is 6.54 Å². The molecular weight excluding hydrogens is 179 g/mol. The molecule has 0 saturated carbocycles. The lowest BCUT2D eigenvalue weighted by Gasteiger charge is -2.32.